The molecule has 0 spiro atoms. The second-order valence-electron chi connectivity index (χ2n) is 4.49. The third kappa shape index (κ3) is 3.03. The fourth-order valence-electron chi connectivity index (χ4n) is 1.30. The van der Waals surface area contributed by atoms with Gasteiger partial charge >= 0.3 is 0 Å². The average Bonchev–Trinajstić information content (AvgIpc) is 2.52. The summed E-state index contributed by atoms with van der Waals surface area (Å²) in [6.45, 7) is 6.53. The quantitative estimate of drug-likeness (QED) is 0.732. The van der Waals surface area contributed by atoms with Gasteiger partial charge in [0.05, 0.1) is 0 Å². The van der Waals surface area contributed by atoms with Gasteiger partial charge in [-0.15, -0.1) is 0 Å². The Balaban J connectivity index is 2.25. The van der Waals surface area contributed by atoms with Crippen LogP contribution in [0.15, 0.2) is 0 Å². The van der Waals surface area contributed by atoms with E-state index in [1.807, 2.05) is 0 Å². The van der Waals surface area contributed by atoms with Crippen LogP contribution in [0.1, 0.15) is 27.2 Å². The van der Waals surface area contributed by atoms with E-state index in [9.17, 15) is 4.79 Å². The summed E-state index contributed by atoms with van der Waals surface area (Å²) in [5.41, 5.74) is 0.377. The van der Waals surface area contributed by atoms with Crippen molar-refractivity contribution in [1.82, 2.24) is 5.32 Å². The van der Waals surface area contributed by atoms with Gasteiger partial charge in [-0.2, -0.15) is 0 Å². The molecule has 1 rings (SSSR count). The van der Waals surface area contributed by atoms with Crippen LogP contribution in [0, 0.1) is 11.3 Å². The van der Waals surface area contributed by atoms with Crippen molar-refractivity contribution in [2.75, 3.05) is 6.54 Å². The van der Waals surface area contributed by atoms with Crippen molar-refractivity contribution in [3.63, 3.8) is 0 Å². The molecule has 1 aliphatic rings. The minimum absolute atomic E-state index is 0.307. The van der Waals surface area contributed by atoms with Crippen molar-refractivity contribution >= 4 is 29.1 Å². The summed E-state index contributed by atoms with van der Waals surface area (Å²) in [6.07, 6.45) is 1.16. The van der Waals surface area contributed by atoms with Crippen LogP contribution in [-0.2, 0) is 4.79 Å². The Kier molecular flexibility index (Phi) is 2.84. The van der Waals surface area contributed by atoms with Crippen LogP contribution < -0.4 is 5.32 Å². The molecular weight excluding hydrogens is 209 g/mol. The molecule has 13 heavy (non-hydrogen) atoms. The molecule has 0 bridgehead atoms. The molecule has 1 aliphatic carbocycles. The Morgan fingerprint density at radius 1 is 1.62 bits per heavy atom. The molecule has 0 aromatic heterocycles. The second kappa shape index (κ2) is 3.32. The summed E-state index contributed by atoms with van der Waals surface area (Å²) in [4.78, 5) is 11.2. The largest absolute Gasteiger partial charge is 0.353 e. The third-order valence-corrected chi connectivity index (χ3v) is 2.97. The Labute approximate surface area is 89.0 Å². The lowest BCUT2D eigenvalue weighted by atomic mass is 10.1. The van der Waals surface area contributed by atoms with Crippen LogP contribution in [-0.4, -0.2) is 16.8 Å². The van der Waals surface area contributed by atoms with Gasteiger partial charge in [0, 0.05) is 6.54 Å². The van der Waals surface area contributed by atoms with E-state index in [2.05, 4.69) is 19.2 Å². The van der Waals surface area contributed by atoms with Crippen molar-refractivity contribution in [3.05, 3.63) is 0 Å². The minimum Gasteiger partial charge on any atom is -0.353 e. The van der Waals surface area contributed by atoms with Crippen LogP contribution in [0.25, 0.3) is 0 Å². The van der Waals surface area contributed by atoms with Crippen LogP contribution in [0.3, 0.4) is 0 Å². The van der Waals surface area contributed by atoms with E-state index in [-0.39, 0.29) is 5.91 Å². The molecule has 1 atom stereocenters. The lowest BCUT2D eigenvalue weighted by Gasteiger charge is -2.13. The normalized spacial score (nSPS) is 25.5. The van der Waals surface area contributed by atoms with Gasteiger partial charge in [0.15, 0.2) is 4.33 Å². The first-order valence-corrected chi connectivity index (χ1v) is 5.15. The van der Waals surface area contributed by atoms with Gasteiger partial charge in [0.1, 0.15) is 0 Å². The number of amides is 1. The smallest absolute Gasteiger partial charge is 0.256 e. The molecule has 0 aromatic carbocycles. The molecule has 0 aromatic rings. The summed E-state index contributed by atoms with van der Waals surface area (Å²) in [7, 11) is 0. The van der Waals surface area contributed by atoms with Gasteiger partial charge in [0.2, 0.25) is 0 Å². The number of carbonyl (C=O) groups excluding carboxylic acids is 1. The van der Waals surface area contributed by atoms with Crippen LogP contribution in [0.2, 0.25) is 0 Å². The highest BCUT2D eigenvalue weighted by molar-refractivity contribution is 6.57. The molecule has 1 amide bonds. The molecule has 0 saturated heterocycles. The highest BCUT2D eigenvalue weighted by atomic mass is 35.5. The van der Waals surface area contributed by atoms with E-state index in [1.54, 1.807) is 0 Å². The molecule has 0 heterocycles. The maximum atomic E-state index is 11.2. The van der Waals surface area contributed by atoms with Gasteiger partial charge in [0.25, 0.3) is 5.91 Å². The van der Waals surface area contributed by atoms with Crippen molar-refractivity contribution in [2.45, 2.75) is 31.5 Å². The molecule has 4 heteroatoms. The number of hydrogen-bond donors (Lipinski definition) is 1. The van der Waals surface area contributed by atoms with E-state index in [4.69, 9.17) is 23.2 Å². The van der Waals surface area contributed by atoms with Crippen molar-refractivity contribution < 1.29 is 4.79 Å². The Morgan fingerprint density at radius 2 is 2.08 bits per heavy atom. The molecule has 1 N–H and O–H groups in total. The minimum atomic E-state index is -1.31. The number of nitrogens with one attached hydrogen (secondary N) is 1. The first-order valence-electron chi connectivity index (χ1n) is 4.39. The van der Waals surface area contributed by atoms with Gasteiger partial charge in [-0.05, 0) is 24.7 Å². The van der Waals surface area contributed by atoms with E-state index in [1.165, 1.54) is 6.92 Å². The predicted molar refractivity (Wildman–Crippen MR) is 55.0 cm³/mol. The molecule has 0 radical (unpaired) electrons. The van der Waals surface area contributed by atoms with E-state index in [0.29, 0.717) is 17.9 Å². The van der Waals surface area contributed by atoms with E-state index < -0.39 is 4.33 Å². The fraction of sp³-hybridized carbons (Fsp3) is 0.889. The number of halogens is 2. The Bertz CT molecular complexity index is 220. The predicted octanol–water partition coefficient (Wildman–Crippen LogP) is 2.34. The summed E-state index contributed by atoms with van der Waals surface area (Å²) in [5, 5.41) is 2.74. The molecule has 1 unspecified atom stereocenters. The monoisotopic (exact) mass is 223 g/mol. The van der Waals surface area contributed by atoms with Gasteiger partial charge in [-0.3, -0.25) is 4.79 Å². The number of carbonyl (C=O) groups is 1. The van der Waals surface area contributed by atoms with Crippen molar-refractivity contribution in [2.24, 2.45) is 11.3 Å². The van der Waals surface area contributed by atoms with Gasteiger partial charge < -0.3 is 5.32 Å². The summed E-state index contributed by atoms with van der Waals surface area (Å²) in [6, 6.07) is 0. The van der Waals surface area contributed by atoms with Crippen LogP contribution >= 0.6 is 23.2 Å². The Morgan fingerprint density at radius 3 is 2.38 bits per heavy atom. The summed E-state index contributed by atoms with van der Waals surface area (Å²) < 4.78 is -1.31. The van der Waals surface area contributed by atoms with Crippen LogP contribution in [0.5, 0.6) is 0 Å². The van der Waals surface area contributed by atoms with E-state index >= 15 is 0 Å². The van der Waals surface area contributed by atoms with Crippen molar-refractivity contribution in [3.8, 4) is 0 Å². The number of rotatable bonds is 3. The first kappa shape index (κ1) is 11.1. The zero-order valence-electron chi connectivity index (χ0n) is 8.16. The average molecular weight is 224 g/mol. The zero-order valence-corrected chi connectivity index (χ0v) is 9.67. The molecule has 2 nitrogen and oxygen atoms in total. The molecular formula is C9H15Cl2NO. The second-order valence-corrected chi connectivity index (χ2v) is 6.19. The van der Waals surface area contributed by atoms with Gasteiger partial charge in [-0.25, -0.2) is 0 Å². The summed E-state index contributed by atoms with van der Waals surface area (Å²) >= 11 is 11.2. The third-order valence-electron chi connectivity index (χ3n) is 2.63. The first-order chi connectivity index (χ1) is 5.73. The van der Waals surface area contributed by atoms with Crippen molar-refractivity contribution in [1.29, 1.82) is 0 Å². The maximum Gasteiger partial charge on any atom is 0.256 e. The fourth-order valence-corrected chi connectivity index (χ4v) is 1.43. The van der Waals surface area contributed by atoms with Gasteiger partial charge in [-0.1, -0.05) is 37.0 Å². The standard InChI is InChI=1S/C9H15Cl2NO/c1-8(2)4-6(8)5-12-7(13)9(3,10)11/h6H,4-5H2,1-3H3,(H,12,13). The number of hydrogen-bond acceptors (Lipinski definition) is 1. The van der Waals surface area contributed by atoms with E-state index in [0.717, 1.165) is 6.42 Å². The topological polar surface area (TPSA) is 29.1 Å². The maximum absolute atomic E-state index is 11.2. The molecule has 76 valence electrons. The highest BCUT2D eigenvalue weighted by Gasteiger charge is 2.45. The highest BCUT2D eigenvalue weighted by Crippen LogP contribution is 2.51. The lowest BCUT2D eigenvalue weighted by molar-refractivity contribution is -0.121. The molecule has 0 aliphatic heterocycles. The molecule has 1 fully saturated rings. The Hall–Kier alpha value is 0.0500. The summed E-state index contributed by atoms with van der Waals surface area (Å²) in [5.74, 6) is 0.269. The number of alkyl halides is 2. The zero-order chi connectivity index (χ0) is 10.3. The SMILES string of the molecule is CC(Cl)(Cl)C(=O)NCC1CC1(C)C. The lowest BCUT2D eigenvalue weighted by Crippen LogP contribution is -2.37. The van der Waals surface area contributed by atoms with Crippen LogP contribution in [0.4, 0.5) is 0 Å². The molecule has 1 saturated carbocycles.